The molecule has 3 heterocycles. The van der Waals surface area contributed by atoms with Gasteiger partial charge in [-0.3, -0.25) is 14.5 Å². The van der Waals surface area contributed by atoms with Crippen molar-refractivity contribution in [3.05, 3.63) is 17.1 Å². The standard InChI is InChI=1S/C18H29N5O2.CH2O2/c1-5-23-9-13(14(10-23)25-4)20-17-12-6-7-19-18(24)16(12)21-15(22-17)8-11(2)3;2-1-3/h11,13-14H,5-10H2,1-4H3,(H,19,24)(H,20,21,22);1H,(H,2,3)/t13-,14-;/m0./s1. The molecule has 0 aromatic carbocycles. The minimum atomic E-state index is -0.250. The van der Waals surface area contributed by atoms with E-state index in [0.29, 0.717) is 18.2 Å². The van der Waals surface area contributed by atoms with E-state index in [4.69, 9.17) is 19.6 Å². The van der Waals surface area contributed by atoms with Gasteiger partial charge < -0.3 is 20.5 Å². The number of nitrogens with one attached hydrogen (secondary N) is 2. The monoisotopic (exact) mass is 393 g/mol. The number of aromatic nitrogens is 2. The molecule has 0 unspecified atom stereocenters. The predicted octanol–water partition coefficient (Wildman–Crippen LogP) is 0.793. The van der Waals surface area contributed by atoms with Gasteiger partial charge in [0, 0.05) is 38.7 Å². The van der Waals surface area contributed by atoms with Crippen LogP contribution in [0.2, 0.25) is 0 Å². The van der Waals surface area contributed by atoms with Crippen molar-refractivity contribution in [3.8, 4) is 0 Å². The zero-order chi connectivity index (χ0) is 20.7. The molecule has 0 bridgehead atoms. The summed E-state index contributed by atoms with van der Waals surface area (Å²) in [6, 6.07) is 0.167. The molecule has 1 aromatic rings. The number of carbonyl (C=O) groups excluding carboxylic acids is 1. The van der Waals surface area contributed by atoms with E-state index >= 15 is 0 Å². The van der Waals surface area contributed by atoms with Crippen LogP contribution in [-0.2, 0) is 22.4 Å². The summed E-state index contributed by atoms with van der Waals surface area (Å²) in [7, 11) is 1.76. The van der Waals surface area contributed by atoms with Crippen LogP contribution in [0.15, 0.2) is 0 Å². The lowest BCUT2D eigenvalue weighted by molar-refractivity contribution is -0.122. The molecule has 2 atom stereocenters. The first-order valence-corrected chi connectivity index (χ1v) is 9.70. The third kappa shape index (κ3) is 5.39. The zero-order valence-corrected chi connectivity index (χ0v) is 17.1. The number of methoxy groups -OCH3 is 1. The molecule has 156 valence electrons. The highest BCUT2D eigenvalue weighted by Gasteiger charge is 2.34. The second-order valence-corrected chi connectivity index (χ2v) is 7.40. The molecule has 2 aliphatic rings. The van der Waals surface area contributed by atoms with Gasteiger partial charge in [0.05, 0.1) is 12.1 Å². The molecule has 0 spiro atoms. The Morgan fingerprint density at radius 2 is 2.11 bits per heavy atom. The van der Waals surface area contributed by atoms with Crippen LogP contribution in [0.3, 0.4) is 0 Å². The molecule has 9 nitrogen and oxygen atoms in total. The molecule has 9 heteroatoms. The van der Waals surface area contributed by atoms with Crippen molar-refractivity contribution in [1.82, 2.24) is 20.2 Å². The molecule has 1 saturated heterocycles. The van der Waals surface area contributed by atoms with E-state index in [9.17, 15) is 4.79 Å². The zero-order valence-electron chi connectivity index (χ0n) is 17.1. The number of fused-ring (bicyclic) bond motifs is 1. The second kappa shape index (κ2) is 10.3. The normalized spacial score (nSPS) is 21.5. The highest BCUT2D eigenvalue weighted by molar-refractivity contribution is 5.96. The van der Waals surface area contributed by atoms with Gasteiger partial charge in [-0.25, -0.2) is 9.97 Å². The molecule has 28 heavy (non-hydrogen) atoms. The predicted molar refractivity (Wildman–Crippen MR) is 106 cm³/mol. The smallest absolute Gasteiger partial charge is 0.290 e. The summed E-state index contributed by atoms with van der Waals surface area (Å²) in [5, 5.41) is 13.3. The van der Waals surface area contributed by atoms with Gasteiger partial charge in [-0.1, -0.05) is 20.8 Å². The lowest BCUT2D eigenvalue weighted by Gasteiger charge is -2.24. The van der Waals surface area contributed by atoms with Crippen molar-refractivity contribution in [3.63, 3.8) is 0 Å². The van der Waals surface area contributed by atoms with Crippen LogP contribution in [0.1, 0.15) is 42.6 Å². The van der Waals surface area contributed by atoms with E-state index in [1.54, 1.807) is 7.11 Å². The van der Waals surface area contributed by atoms with Gasteiger partial charge in [-0.15, -0.1) is 0 Å². The Kier molecular flexibility index (Phi) is 8.13. The number of anilines is 1. The fourth-order valence-corrected chi connectivity index (χ4v) is 3.58. The van der Waals surface area contributed by atoms with Crippen LogP contribution >= 0.6 is 0 Å². The molecule has 1 fully saturated rings. The summed E-state index contributed by atoms with van der Waals surface area (Å²) in [5.41, 5.74) is 1.46. The maximum atomic E-state index is 12.3. The minimum absolute atomic E-state index is 0.0957. The molecule has 1 aromatic heterocycles. The number of likely N-dealkylation sites (tertiary alicyclic amines) is 1. The molecule has 0 aliphatic carbocycles. The summed E-state index contributed by atoms with van der Waals surface area (Å²) >= 11 is 0. The van der Waals surface area contributed by atoms with Gasteiger partial charge in [0.25, 0.3) is 12.4 Å². The quantitative estimate of drug-likeness (QED) is 0.608. The van der Waals surface area contributed by atoms with Crippen molar-refractivity contribution in [2.45, 2.75) is 45.8 Å². The third-order valence-electron chi connectivity index (χ3n) is 4.93. The summed E-state index contributed by atoms with van der Waals surface area (Å²) in [6.45, 7) is 9.64. The van der Waals surface area contributed by atoms with Crippen LogP contribution in [0.25, 0.3) is 0 Å². The number of rotatable bonds is 6. The van der Waals surface area contributed by atoms with E-state index in [-0.39, 0.29) is 24.5 Å². The van der Waals surface area contributed by atoms with Crippen molar-refractivity contribution in [2.24, 2.45) is 5.92 Å². The molecule has 3 N–H and O–H groups in total. The molecule has 0 radical (unpaired) electrons. The van der Waals surface area contributed by atoms with Gasteiger partial charge in [0.15, 0.2) is 0 Å². The SMILES string of the molecule is CCN1C[C@H](Nc2nc(CC(C)C)nc3c2CCNC3=O)[C@@H](OC)C1.O=CO. The number of carboxylic acid groups (broad SMARTS) is 1. The van der Waals surface area contributed by atoms with E-state index in [0.717, 1.165) is 49.7 Å². The van der Waals surface area contributed by atoms with Gasteiger partial charge in [-0.2, -0.15) is 0 Å². The van der Waals surface area contributed by atoms with Crippen LogP contribution in [0.5, 0.6) is 0 Å². The van der Waals surface area contributed by atoms with E-state index in [1.165, 1.54) is 0 Å². The summed E-state index contributed by atoms with van der Waals surface area (Å²) < 4.78 is 5.66. The van der Waals surface area contributed by atoms with Gasteiger partial charge >= 0.3 is 0 Å². The Bertz CT molecular complexity index is 683. The number of nitrogens with zero attached hydrogens (tertiary/aromatic N) is 3. The molecule has 1 amide bonds. The Morgan fingerprint density at radius 3 is 2.71 bits per heavy atom. The van der Waals surface area contributed by atoms with Crippen LogP contribution in [0, 0.1) is 5.92 Å². The van der Waals surface area contributed by atoms with Crippen molar-refractivity contribution in [2.75, 3.05) is 38.6 Å². The summed E-state index contributed by atoms with van der Waals surface area (Å²) in [4.78, 5) is 32.3. The molecule has 2 aliphatic heterocycles. The second-order valence-electron chi connectivity index (χ2n) is 7.40. The number of hydrogen-bond donors (Lipinski definition) is 3. The first-order chi connectivity index (χ1) is 13.4. The Morgan fingerprint density at radius 1 is 1.39 bits per heavy atom. The highest BCUT2D eigenvalue weighted by atomic mass is 16.5. The fourth-order valence-electron chi connectivity index (χ4n) is 3.58. The molecule has 3 rings (SSSR count). The van der Waals surface area contributed by atoms with E-state index < -0.39 is 0 Å². The number of amides is 1. The Hall–Kier alpha value is -2.26. The number of hydrogen-bond acceptors (Lipinski definition) is 7. The topological polar surface area (TPSA) is 117 Å². The van der Waals surface area contributed by atoms with Crippen LogP contribution in [-0.4, -0.2) is 77.8 Å². The van der Waals surface area contributed by atoms with E-state index in [2.05, 4.69) is 41.3 Å². The van der Waals surface area contributed by atoms with Gasteiger partial charge in [-0.05, 0) is 18.9 Å². The lowest BCUT2D eigenvalue weighted by Crippen LogP contribution is -2.37. The fraction of sp³-hybridized carbons (Fsp3) is 0.684. The number of ether oxygens (including phenoxy) is 1. The van der Waals surface area contributed by atoms with Crippen molar-refractivity contribution in [1.29, 1.82) is 0 Å². The van der Waals surface area contributed by atoms with Crippen molar-refractivity contribution < 1.29 is 19.4 Å². The Labute approximate surface area is 165 Å². The first-order valence-electron chi connectivity index (χ1n) is 9.70. The van der Waals surface area contributed by atoms with Crippen molar-refractivity contribution >= 4 is 18.2 Å². The molecule has 0 saturated carbocycles. The van der Waals surface area contributed by atoms with Gasteiger partial charge in [0.2, 0.25) is 0 Å². The van der Waals surface area contributed by atoms with Crippen LogP contribution < -0.4 is 10.6 Å². The maximum Gasteiger partial charge on any atom is 0.290 e. The summed E-state index contributed by atoms with van der Waals surface area (Å²) in [5.74, 6) is 1.88. The van der Waals surface area contributed by atoms with Gasteiger partial charge in [0.1, 0.15) is 17.3 Å². The molecular formula is C19H31N5O4. The third-order valence-corrected chi connectivity index (χ3v) is 4.93. The van der Waals surface area contributed by atoms with E-state index in [1.807, 2.05) is 0 Å². The highest BCUT2D eigenvalue weighted by Crippen LogP contribution is 2.24. The number of carbonyl (C=O) groups is 2. The van der Waals surface area contributed by atoms with Crippen LogP contribution in [0.4, 0.5) is 5.82 Å². The average molecular weight is 393 g/mol. The minimum Gasteiger partial charge on any atom is -0.483 e. The number of likely N-dealkylation sites (N-methyl/N-ethyl adjacent to an activating group) is 1. The Balaban J connectivity index is 0.000000878. The first kappa shape index (κ1) is 22.0. The summed E-state index contributed by atoms with van der Waals surface area (Å²) in [6.07, 6.45) is 1.64. The lowest BCUT2D eigenvalue weighted by atomic mass is 10.0. The average Bonchev–Trinajstić information content (AvgIpc) is 3.05. The largest absolute Gasteiger partial charge is 0.483 e. The maximum absolute atomic E-state index is 12.3. The molecular weight excluding hydrogens is 362 g/mol.